The molecule has 1 aliphatic carbocycles. The monoisotopic (exact) mass is 490 g/mol. The van der Waals surface area contributed by atoms with E-state index in [-0.39, 0.29) is 13.2 Å². The van der Waals surface area contributed by atoms with Crippen molar-refractivity contribution in [1.82, 2.24) is 0 Å². The lowest BCUT2D eigenvalue weighted by Crippen LogP contribution is -2.66. The van der Waals surface area contributed by atoms with Crippen LogP contribution in [-0.2, 0) is 38.8 Å². The van der Waals surface area contributed by atoms with E-state index in [4.69, 9.17) is 18.9 Å². The van der Waals surface area contributed by atoms with Crippen molar-refractivity contribution in [1.29, 1.82) is 0 Å². The third-order valence-corrected chi connectivity index (χ3v) is 6.26. The van der Waals surface area contributed by atoms with Crippen LogP contribution in [-0.4, -0.2) is 53.4 Å². The third kappa shape index (κ3) is 6.89. The maximum atomic E-state index is 11.1. The van der Waals surface area contributed by atoms with Gasteiger partial charge >= 0.3 is 0 Å². The summed E-state index contributed by atoms with van der Waals surface area (Å²) in [5.74, 6) is 0. The molecule has 0 bridgehead atoms. The third-order valence-electron chi connectivity index (χ3n) is 6.26. The van der Waals surface area contributed by atoms with E-state index in [2.05, 4.69) is 6.58 Å². The largest absolute Gasteiger partial charge is 0.387 e. The number of aliphatic hydroxyl groups is 2. The van der Waals surface area contributed by atoms with Gasteiger partial charge in [0.2, 0.25) is 0 Å². The van der Waals surface area contributed by atoms with Crippen molar-refractivity contribution in [3.63, 3.8) is 0 Å². The Morgan fingerprint density at radius 3 is 1.22 bits per heavy atom. The van der Waals surface area contributed by atoms with E-state index in [0.29, 0.717) is 13.2 Å². The van der Waals surface area contributed by atoms with Gasteiger partial charge in [0.25, 0.3) is 0 Å². The first kappa shape index (κ1) is 26.2. The Bertz CT molecular complexity index is 1030. The van der Waals surface area contributed by atoms with Crippen LogP contribution in [0, 0.1) is 0 Å². The number of benzene rings is 3. The SMILES string of the molecule is C=CCO[C@@H]1[C@@H](O)[C@@H](O)[C@@H](OCc2ccccc2)[C@H](OCc2ccccc2)[C@H]1OCc1ccccc1. The summed E-state index contributed by atoms with van der Waals surface area (Å²) in [7, 11) is 0. The van der Waals surface area contributed by atoms with Gasteiger partial charge in [-0.2, -0.15) is 0 Å². The number of ether oxygens (including phenoxy) is 4. The van der Waals surface area contributed by atoms with E-state index in [9.17, 15) is 10.2 Å². The highest BCUT2D eigenvalue weighted by Crippen LogP contribution is 2.32. The number of aliphatic hydroxyl groups excluding tert-OH is 2. The van der Waals surface area contributed by atoms with Crippen molar-refractivity contribution in [2.45, 2.75) is 56.4 Å². The molecule has 4 rings (SSSR count). The fraction of sp³-hybridized carbons (Fsp3) is 0.333. The second kappa shape index (κ2) is 13.5. The van der Waals surface area contributed by atoms with Crippen molar-refractivity contribution >= 4 is 0 Å². The minimum atomic E-state index is -1.24. The van der Waals surface area contributed by atoms with Crippen LogP contribution in [0.1, 0.15) is 16.7 Å². The highest BCUT2D eigenvalue weighted by atomic mass is 16.6. The number of hydrogen-bond acceptors (Lipinski definition) is 6. The van der Waals surface area contributed by atoms with E-state index < -0.39 is 36.6 Å². The Kier molecular flexibility index (Phi) is 9.81. The molecule has 1 fully saturated rings. The maximum Gasteiger partial charge on any atom is 0.116 e. The van der Waals surface area contributed by atoms with E-state index in [0.717, 1.165) is 16.7 Å². The minimum Gasteiger partial charge on any atom is -0.387 e. The molecular formula is C30H34O6. The summed E-state index contributed by atoms with van der Waals surface area (Å²) in [4.78, 5) is 0. The fourth-order valence-corrected chi connectivity index (χ4v) is 4.40. The molecule has 0 heterocycles. The first-order valence-electron chi connectivity index (χ1n) is 12.2. The van der Waals surface area contributed by atoms with Crippen LogP contribution in [0.5, 0.6) is 0 Å². The van der Waals surface area contributed by atoms with Crippen molar-refractivity contribution in [3.05, 3.63) is 120 Å². The van der Waals surface area contributed by atoms with Crippen LogP contribution in [0.15, 0.2) is 104 Å². The molecule has 6 heteroatoms. The summed E-state index contributed by atoms with van der Waals surface area (Å²) < 4.78 is 24.8. The highest BCUT2D eigenvalue weighted by molar-refractivity contribution is 5.16. The average Bonchev–Trinajstić information content (AvgIpc) is 2.93. The standard InChI is InChI=1S/C30H34O6/c1-2-18-33-27-25(31)26(32)28(34-19-22-12-6-3-7-13-22)30(36-21-24-16-10-5-11-17-24)29(27)35-20-23-14-8-4-9-15-23/h2-17,25-32H,1,18-21H2/t25-,26+,27+,28+,29-,30-/m0/s1. The first-order valence-corrected chi connectivity index (χ1v) is 12.2. The van der Waals surface area contributed by atoms with Crippen molar-refractivity contribution < 1.29 is 29.2 Å². The van der Waals surface area contributed by atoms with Gasteiger partial charge in [-0.15, -0.1) is 6.58 Å². The van der Waals surface area contributed by atoms with E-state index in [1.165, 1.54) is 0 Å². The molecule has 6 nitrogen and oxygen atoms in total. The summed E-state index contributed by atoms with van der Waals surface area (Å²) in [6.07, 6.45) is -3.94. The Hall–Kier alpha value is -2.84. The maximum absolute atomic E-state index is 11.1. The molecule has 0 saturated heterocycles. The molecule has 0 spiro atoms. The summed E-state index contributed by atoms with van der Waals surface area (Å²) >= 11 is 0. The zero-order chi connectivity index (χ0) is 25.2. The van der Waals surface area contributed by atoms with Gasteiger partial charge in [-0.3, -0.25) is 0 Å². The summed E-state index contributed by atoms with van der Waals surface area (Å²) in [6, 6.07) is 29.2. The lowest BCUT2D eigenvalue weighted by Gasteiger charge is -2.47. The first-order chi connectivity index (χ1) is 17.7. The van der Waals surface area contributed by atoms with Crippen LogP contribution in [0.4, 0.5) is 0 Å². The van der Waals surface area contributed by atoms with Gasteiger partial charge in [-0.25, -0.2) is 0 Å². The van der Waals surface area contributed by atoms with Crippen molar-refractivity contribution in [3.8, 4) is 0 Å². The van der Waals surface area contributed by atoms with Crippen LogP contribution in [0.2, 0.25) is 0 Å². The molecule has 1 saturated carbocycles. The Morgan fingerprint density at radius 1 is 0.528 bits per heavy atom. The lowest BCUT2D eigenvalue weighted by molar-refractivity contribution is -0.270. The van der Waals surface area contributed by atoms with Gasteiger partial charge in [-0.05, 0) is 16.7 Å². The predicted octanol–water partition coefficient (Wildman–Crippen LogP) is 4.05. The summed E-state index contributed by atoms with van der Waals surface area (Å²) in [5.41, 5.74) is 2.90. The average molecular weight is 491 g/mol. The van der Waals surface area contributed by atoms with Gasteiger partial charge in [0.05, 0.1) is 26.4 Å². The molecular weight excluding hydrogens is 456 g/mol. The van der Waals surface area contributed by atoms with Crippen LogP contribution in [0.25, 0.3) is 0 Å². The Balaban J connectivity index is 1.60. The predicted molar refractivity (Wildman–Crippen MR) is 137 cm³/mol. The molecule has 0 aromatic heterocycles. The van der Waals surface area contributed by atoms with E-state index in [1.54, 1.807) is 6.08 Å². The molecule has 0 amide bonds. The molecule has 3 aromatic carbocycles. The normalized spacial score (nSPS) is 25.9. The molecule has 2 N–H and O–H groups in total. The Labute approximate surface area is 212 Å². The molecule has 6 atom stereocenters. The topological polar surface area (TPSA) is 77.4 Å². The quantitative estimate of drug-likeness (QED) is 0.373. The lowest BCUT2D eigenvalue weighted by atomic mass is 9.84. The fourth-order valence-electron chi connectivity index (χ4n) is 4.40. The Morgan fingerprint density at radius 2 is 0.861 bits per heavy atom. The zero-order valence-corrected chi connectivity index (χ0v) is 20.3. The number of rotatable bonds is 12. The molecule has 0 aliphatic heterocycles. The summed E-state index contributed by atoms with van der Waals surface area (Å²) in [5, 5.41) is 22.2. The molecule has 1 aliphatic rings. The van der Waals surface area contributed by atoms with Crippen LogP contribution >= 0.6 is 0 Å². The van der Waals surface area contributed by atoms with Gasteiger partial charge < -0.3 is 29.2 Å². The zero-order valence-electron chi connectivity index (χ0n) is 20.3. The number of hydrogen-bond donors (Lipinski definition) is 2. The smallest absolute Gasteiger partial charge is 0.116 e. The van der Waals surface area contributed by atoms with Gasteiger partial charge in [0, 0.05) is 0 Å². The second-order valence-corrected chi connectivity index (χ2v) is 8.85. The molecule has 0 unspecified atom stereocenters. The molecule has 0 radical (unpaired) electrons. The molecule has 3 aromatic rings. The van der Waals surface area contributed by atoms with Crippen LogP contribution < -0.4 is 0 Å². The summed E-state index contributed by atoms with van der Waals surface area (Å²) in [6.45, 7) is 4.75. The van der Waals surface area contributed by atoms with Gasteiger partial charge in [0.1, 0.15) is 36.6 Å². The molecule has 36 heavy (non-hydrogen) atoms. The molecule has 190 valence electrons. The van der Waals surface area contributed by atoms with Gasteiger partial charge in [0.15, 0.2) is 0 Å². The second-order valence-electron chi connectivity index (χ2n) is 8.85. The van der Waals surface area contributed by atoms with E-state index in [1.807, 2.05) is 91.0 Å². The van der Waals surface area contributed by atoms with Gasteiger partial charge in [-0.1, -0.05) is 97.1 Å². The highest BCUT2D eigenvalue weighted by Gasteiger charge is 2.52. The minimum absolute atomic E-state index is 0.195. The van der Waals surface area contributed by atoms with Crippen LogP contribution in [0.3, 0.4) is 0 Å². The van der Waals surface area contributed by atoms with Crippen molar-refractivity contribution in [2.75, 3.05) is 6.61 Å². The van der Waals surface area contributed by atoms with Crippen molar-refractivity contribution in [2.24, 2.45) is 0 Å². The van der Waals surface area contributed by atoms with E-state index >= 15 is 0 Å².